The Bertz CT molecular complexity index is 810. The first kappa shape index (κ1) is 22.1. The maximum Gasteiger partial charge on any atom is 0.264 e. The minimum absolute atomic E-state index is 0.0729. The van der Waals surface area contributed by atoms with Crippen molar-refractivity contribution in [3.63, 3.8) is 0 Å². The standard InChI is InChI=1S/C23H30F3N3O2/c24-17-9-16(21(25)26)10-19(11-17)28-22(31)15-5-7-23(8-6-15)13-29(14-23)12-20(30)27-18-3-1-2-4-18/h9-11,15,18,21H,1-8,12-14H2,(H,27,30)(H,28,31). The van der Waals surface area contributed by atoms with Crippen molar-refractivity contribution in [3.8, 4) is 0 Å². The molecule has 0 bridgehead atoms. The molecule has 170 valence electrons. The van der Waals surface area contributed by atoms with Crippen LogP contribution in [0.5, 0.6) is 0 Å². The van der Waals surface area contributed by atoms with Crippen molar-refractivity contribution in [1.82, 2.24) is 10.2 Å². The molecule has 1 aliphatic heterocycles. The van der Waals surface area contributed by atoms with E-state index in [1.807, 2.05) is 0 Å². The topological polar surface area (TPSA) is 61.4 Å². The maximum atomic E-state index is 13.6. The highest BCUT2D eigenvalue weighted by Gasteiger charge is 2.46. The van der Waals surface area contributed by atoms with Crippen LogP contribution in [0.1, 0.15) is 63.4 Å². The maximum absolute atomic E-state index is 13.6. The second-order valence-corrected chi connectivity index (χ2v) is 9.53. The molecule has 8 heteroatoms. The normalized spacial score (nSPS) is 21.9. The smallest absolute Gasteiger partial charge is 0.264 e. The van der Waals surface area contributed by atoms with Crippen LogP contribution in [-0.2, 0) is 9.59 Å². The SMILES string of the molecule is O=C(CN1CC2(CCC(C(=O)Nc3cc(F)cc(C(F)F)c3)CC2)C1)NC1CCCC1. The number of carbonyl (C=O) groups excluding carboxylic acids is 2. The number of benzene rings is 1. The second-order valence-electron chi connectivity index (χ2n) is 9.53. The van der Waals surface area contributed by atoms with E-state index in [0.717, 1.165) is 57.0 Å². The molecule has 0 aromatic heterocycles. The van der Waals surface area contributed by atoms with E-state index in [9.17, 15) is 22.8 Å². The molecule has 0 unspecified atom stereocenters. The summed E-state index contributed by atoms with van der Waals surface area (Å²) in [6, 6.07) is 3.30. The summed E-state index contributed by atoms with van der Waals surface area (Å²) in [7, 11) is 0. The predicted molar refractivity (Wildman–Crippen MR) is 111 cm³/mol. The molecule has 2 N–H and O–H groups in total. The van der Waals surface area contributed by atoms with Crippen LogP contribution in [0.25, 0.3) is 0 Å². The number of halogens is 3. The summed E-state index contributed by atoms with van der Waals surface area (Å²) >= 11 is 0. The van der Waals surface area contributed by atoms with Gasteiger partial charge in [0.1, 0.15) is 5.82 Å². The Balaban J connectivity index is 1.21. The number of likely N-dealkylation sites (tertiary alicyclic amines) is 1. The number of carbonyl (C=O) groups is 2. The lowest BCUT2D eigenvalue weighted by atomic mass is 9.65. The van der Waals surface area contributed by atoms with Gasteiger partial charge >= 0.3 is 0 Å². The molecule has 3 fully saturated rings. The summed E-state index contributed by atoms with van der Waals surface area (Å²) in [5, 5.41) is 5.73. The van der Waals surface area contributed by atoms with Gasteiger partial charge in [0.05, 0.1) is 6.54 Å². The molecule has 0 radical (unpaired) electrons. The lowest BCUT2D eigenvalue weighted by Gasteiger charge is -2.53. The van der Waals surface area contributed by atoms with E-state index in [2.05, 4.69) is 15.5 Å². The number of hydrogen-bond donors (Lipinski definition) is 2. The van der Waals surface area contributed by atoms with Crippen LogP contribution in [-0.4, -0.2) is 42.4 Å². The van der Waals surface area contributed by atoms with Gasteiger partial charge in [0.2, 0.25) is 11.8 Å². The first-order valence-electron chi connectivity index (χ1n) is 11.2. The van der Waals surface area contributed by atoms with Gasteiger partial charge < -0.3 is 10.6 Å². The second kappa shape index (κ2) is 9.18. The highest BCUT2D eigenvalue weighted by Crippen LogP contribution is 2.45. The molecule has 31 heavy (non-hydrogen) atoms. The zero-order chi connectivity index (χ0) is 22.0. The molecule has 2 saturated carbocycles. The monoisotopic (exact) mass is 437 g/mol. The van der Waals surface area contributed by atoms with Gasteiger partial charge in [-0.3, -0.25) is 14.5 Å². The molecular weight excluding hydrogens is 407 g/mol. The fraction of sp³-hybridized carbons (Fsp3) is 0.652. The number of amides is 2. The number of nitrogens with zero attached hydrogens (tertiary/aromatic N) is 1. The summed E-state index contributed by atoms with van der Waals surface area (Å²) in [5.41, 5.74) is -0.195. The van der Waals surface area contributed by atoms with E-state index in [-0.39, 0.29) is 28.8 Å². The van der Waals surface area contributed by atoms with Crippen molar-refractivity contribution >= 4 is 17.5 Å². The zero-order valence-electron chi connectivity index (χ0n) is 17.6. The van der Waals surface area contributed by atoms with Gasteiger partial charge in [0, 0.05) is 36.3 Å². The van der Waals surface area contributed by atoms with Gasteiger partial charge in [-0.15, -0.1) is 0 Å². The molecule has 0 atom stereocenters. The van der Waals surface area contributed by atoms with Gasteiger partial charge in [-0.05, 0) is 62.1 Å². The minimum atomic E-state index is -2.79. The van der Waals surface area contributed by atoms with Crippen LogP contribution in [0, 0.1) is 17.2 Å². The van der Waals surface area contributed by atoms with E-state index in [0.29, 0.717) is 25.4 Å². The minimum Gasteiger partial charge on any atom is -0.352 e. The highest BCUT2D eigenvalue weighted by molar-refractivity contribution is 5.92. The van der Waals surface area contributed by atoms with Crippen LogP contribution in [0.3, 0.4) is 0 Å². The van der Waals surface area contributed by atoms with E-state index in [1.165, 1.54) is 12.8 Å². The molecule has 3 aliphatic rings. The molecule has 1 saturated heterocycles. The van der Waals surface area contributed by atoms with Gasteiger partial charge in [-0.1, -0.05) is 12.8 Å². The van der Waals surface area contributed by atoms with Gasteiger partial charge in [0.15, 0.2) is 0 Å². The molecule has 5 nitrogen and oxygen atoms in total. The number of rotatable bonds is 6. The average molecular weight is 438 g/mol. The van der Waals surface area contributed by atoms with E-state index >= 15 is 0 Å². The molecule has 2 aliphatic carbocycles. The predicted octanol–water partition coefficient (Wildman–Crippen LogP) is 4.25. The molecule has 1 aromatic rings. The average Bonchev–Trinajstić information content (AvgIpc) is 3.19. The number of anilines is 1. The summed E-state index contributed by atoms with van der Waals surface area (Å²) < 4.78 is 39.3. The summed E-state index contributed by atoms with van der Waals surface area (Å²) in [6.07, 6.45) is 4.99. The van der Waals surface area contributed by atoms with Gasteiger partial charge in [0.25, 0.3) is 6.43 Å². The van der Waals surface area contributed by atoms with Gasteiger partial charge in [-0.25, -0.2) is 13.2 Å². The molecule has 1 aromatic carbocycles. The molecule has 1 heterocycles. The molecule has 1 spiro atoms. The van der Waals surface area contributed by atoms with Crippen molar-refractivity contribution in [2.45, 2.75) is 63.8 Å². The Morgan fingerprint density at radius 3 is 2.39 bits per heavy atom. The third-order valence-corrected chi connectivity index (χ3v) is 7.06. The van der Waals surface area contributed by atoms with E-state index < -0.39 is 17.8 Å². The Labute approximate surface area is 180 Å². The Hall–Kier alpha value is -2.09. The van der Waals surface area contributed by atoms with E-state index in [4.69, 9.17) is 0 Å². The van der Waals surface area contributed by atoms with Gasteiger partial charge in [-0.2, -0.15) is 0 Å². The van der Waals surface area contributed by atoms with Crippen LogP contribution < -0.4 is 10.6 Å². The van der Waals surface area contributed by atoms with Crippen molar-refractivity contribution in [1.29, 1.82) is 0 Å². The summed E-state index contributed by atoms with van der Waals surface area (Å²) in [4.78, 5) is 26.9. The number of hydrogen-bond acceptors (Lipinski definition) is 3. The molecule has 2 amide bonds. The third kappa shape index (κ3) is 5.40. The van der Waals surface area contributed by atoms with E-state index in [1.54, 1.807) is 0 Å². The Morgan fingerprint density at radius 2 is 1.74 bits per heavy atom. The first-order chi connectivity index (χ1) is 14.8. The van der Waals surface area contributed by atoms with Crippen molar-refractivity contribution in [2.75, 3.05) is 25.0 Å². The third-order valence-electron chi connectivity index (χ3n) is 7.06. The van der Waals surface area contributed by atoms with Crippen molar-refractivity contribution in [2.24, 2.45) is 11.3 Å². The Morgan fingerprint density at radius 1 is 1.06 bits per heavy atom. The fourth-order valence-electron chi connectivity index (χ4n) is 5.42. The van der Waals surface area contributed by atoms with Crippen molar-refractivity contribution in [3.05, 3.63) is 29.6 Å². The number of nitrogens with one attached hydrogen (secondary N) is 2. The largest absolute Gasteiger partial charge is 0.352 e. The molecule has 4 rings (SSSR count). The van der Waals surface area contributed by atoms with Crippen LogP contribution in [0.15, 0.2) is 18.2 Å². The quantitative estimate of drug-likeness (QED) is 0.699. The lowest BCUT2D eigenvalue weighted by Crippen LogP contribution is -2.60. The summed E-state index contributed by atoms with van der Waals surface area (Å²) in [5.74, 6) is -1.13. The van der Waals surface area contributed by atoms with Crippen LogP contribution >= 0.6 is 0 Å². The lowest BCUT2D eigenvalue weighted by molar-refractivity contribution is -0.128. The van der Waals surface area contributed by atoms with Crippen molar-refractivity contribution < 1.29 is 22.8 Å². The molecular formula is C23H30F3N3O2. The Kier molecular flexibility index (Phi) is 6.55. The van der Waals surface area contributed by atoms with Crippen LogP contribution in [0.4, 0.5) is 18.9 Å². The zero-order valence-corrected chi connectivity index (χ0v) is 17.6. The first-order valence-corrected chi connectivity index (χ1v) is 11.2. The summed E-state index contributed by atoms with van der Waals surface area (Å²) in [6.45, 7) is 2.19. The number of alkyl halides is 2. The highest BCUT2D eigenvalue weighted by atomic mass is 19.3. The fourth-order valence-corrected chi connectivity index (χ4v) is 5.42. The van der Waals surface area contributed by atoms with Crippen LogP contribution in [0.2, 0.25) is 0 Å².